The van der Waals surface area contributed by atoms with Crippen molar-refractivity contribution in [1.82, 2.24) is 9.88 Å². The smallest absolute Gasteiger partial charge is 0.336 e. The van der Waals surface area contributed by atoms with E-state index in [9.17, 15) is 14.7 Å². The number of para-hydroxylation sites is 1. The first-order chi connectivity index (χ1) is 18.9. The summed E-state index contributed by atoms with van der Waals surface area (Å²) in [7, 11) is 0. The van der Waals surface area contributed by atoms with Crippen LogP contribution >= 0.6 is 0 Å². The zero-order valence-electron chi connectivity index (χ0n) is 22.6. The minimum absolute atomic E-state index is 0.00163. The van der Waals surface area contributed by atoms with Crippen molar-refractivity contribution in [3.63, 3.8) is 0 Å². The van der Waals surface area contributed by atoms with Gasteiger partial charge in [-0.2, -0.15) is 0 Å². The lowest BCUT2D eigenvalue weighted by Gasteiger charge is -2.30. The molecule has 4 rings (SSSR count). The normalized spacial score (nSPS) is 17.0. The highest BCUT2D eigenvalue weighted by Gasteiger charge is 2.25. The number of carbonyl (C=O) groups excluding carboxylic acids is 1. The fourth-order valence-corrected chi connectivity index (χ4v) is 4.97. The molecule has 1 aromatic heterocycles. The van der Waals surface area contributed by atoms with Gasteiger partial charge in [0.1, 0.15) is 0 Å². The number of benzene rings is 2. The first kappa shape index (κ1) is 28.3. The number of amides is 2. The molecular formula is C31H37N3O5. The highest BCUT2D eigenvalue weighted by atomic mass is 16.5. The van der Waals surface area contributed by atoms with E-state index in [1.807, 2.05) is 55.5 Å². The second-order valence-corrected chi connectivity index (χ2v) is 10.0. The molecule has 206 valence electrons. The first-order valence-corrected chi connectivity index (χ1v) is 13.5. The third-order valence-corrected chi connectivity index (χ3v) is 7.11. The molecule has 0 aliphatic heterocycles. The van der Waals surface area contributed by atoms with E-state index in [0.717, 1.165) is 48.1 Å². The molecule has 2 aromatic carbocycles. The van der Waals surface area contributed by atoms with E-state index in [-0.39, 0.29) is 24.8 Å². The van der Waals surface area contributed by atoms with Crippen LogP contribution < -0.4 is 5.32 Å². The molecule has 1 aliphatic rings. The van der Waals surface area contributed by atoms with E-state index in [1.165, 1.54) is 0 Å². The Morgan fingerprint density at radius 3 is 2.51 bits per heavy atom. The Kier molecular flexibility index (Phi) is 10.1. The van der Waals surface area contributed by atoms with Crippen LogP contribution in [-0.4, -0.2) is 52.4 Å². The highest BCUT2D eigenvalue weighted by Crippen LogP contribution is 2.26. The number of carbonyl (C=O) groups is 2. The van der Waals surface area contributed by atoms with Gasteiger partial charge in [-0.1, -0.05) is 42.5 Å². The summed E-state index contributed by atoms with van der Waals surface area (Å²) in [6, 6.07) is 16.8. The minimum atomic E-state index is -0.932. The van der Waals surface area contributed by atoms with Gasteiger partial charge in [0.2, 0.25) is 0 Å². The molecule has 0 spiro atoms. The van der Waals surface area contributed by atoms with Gasteiger partial charge in [-0.25, -0.2) is 9.59 Å². The van der Waals surface area contributed by atoms with E-state index >= 15 is 0 Å². The van der Waals surface area contributed by atoms with Gasteiger partial charge in [0.25, 0.3) is 0 Å². The number of hydrogen-bond acceptors (Lipinski definition) is 5. The maximum atomic E-state index is 13.2. The molecular weight excluding hydrogens is 494 g/mol. The zero-order valence-corrected chi connectivity index (χ0v) is 22.6. The van der Waals surface area contributed by atoms with Crippen molar-refractivity contribution in [3.05, 3.63) is 94.8 Å². The Bertz CT molecular complexity index is 1250. The van der Waals surface area contributed by atoms with Crippen LogP contribution in [0.1, 0.15) is 58.3 Å². The van der Waals surface area contributed by atoms with Gasteiger partial charge < -0.3 is 24.8 Å². The Morgan fingerprint density at radius 1 is 1.00 bits per heavy atom. The van der Waals surface area contributed by atoms with Gasteiger partial charge in [0.05, 0.1) is 31.0 Å². The topological polar surface area (TPSA) is 101 Å². The molecule has 3 aromatic rings. The number of urea groups is 1. The Labute approximate surface area is 230 Å². The standard InChI is InChI=1S/C31H37N3O5/c1-22-8-3-4-14-28(22)33-31(37)34(20-24-10-7-15-32-19-24)16-17-38-26-12-6-13-27(18-26)39-21-25-11-5-9-23(2)29(25)30(35)36/h3-5,7-11,14-15,19,26-27H,6,12-13,16-18,20-21H2,1-2H3,(H,33,37)(H,35,36)/t26-,27+/m1/s1. The maximum absolute atomic E-state index is 13.2. The first-order valence-electron chi connectivity index (χ1n) is 13.5. The van der Waals surface area contributed by atoms with Crippen LogP contribution in [0.15, 0.2) is 67.0 Å². The molecule has 8 heteroatoms. The quantitative estimate of drug-likeness (QED) is 0.316. The summed E-state index contributed by atoms with van der Waals surface area (Å²) in [5.74, 6) is -0.932. The van der Waals surface area contributed by atoms with Gasteiger partial charge in [0, 0.05) is 31.2 Å². The number of aromatic carboxylic acids is 1. The summed E-state index contributed by atoms with van der Waals surface area (Å²) < 4.78 is 12.4. The average molecular weight is 532 g/mol. The molecule has 8 nitrogen and oxygen atoms in total. The lowest BCUT2D eigenvalue weighted by molar-refractivity contribution is -0.0524. The van der Waals surface area contributed by atoms with Gasteiger partial charge in [-0.15, -0.1) is 0 Å². The fraction of sp³-hybridized carbons (Fsp3) is 0.387. The number of hydrogen-bond donors (Lipinski definition) is 2. The molecule has 0 unspecified atom stereocenters. The number of rotatable bonds is 11. The molecule has 2 amide bonds. The summed E-state index contributed by atoms with van der Waals surface area (Å²) in [5.41, 5.74) is 4.47. The van der Waals surface area contributed by atoms with Gasteiger partial charge in [-0.05, 0) is 73.9 Å². The predicted molar refractivity (Wildman–Crippen MR) is 150 cm³/mol. The Balaban J connectivity index is 1.31. The van der Waals surface area contributed by atoms with Crippen molar-refractivity contribution in [3.8, 4) is 0 Å². The number of nitrogens with one attached hydrogen (secondary N) is 1. The molecule has 2 N–H and O–H groups in total. The van der Waals surface area contributed by atoms with Gasteiger partial charge in [-0.3, -0.25) is 4.98 Å². The van der Waals surface area contributed by atoms with Crippen molar-refractivity contribution in [2.45, 2.75) is 64.9 Å². The van der Waals surface area contributed by atoms with Crippen LogP contribution in [0.5, 0.6) is 0 Å². The third kappa shape index (κ3) is 8.12. The lowest BCUT2D eigenvalue weighted by Crippen LogP contribution is -2.38. The Hall–Kier alpha value is -3.75. The molecule has 0 bridgehead atoms. The van der Waals surface area contributed by atoms with Gasteiger partial charge in [0.15, 0.2) is 0 Å². The van der Waals surface area contributed by atoms with E-state index in [4.69, 9.17) is 9.47 Å². The largest absolute Gasteiger partial charge is 0.478 e. The van der Waals surface area contributed by atoms with Crippen molar-refractivity contribution in [2.75, 3.05) is 18.5 Å². The SMILES string of the molecule is Cc1ccccc1NC(=O)N(CCO[C@@H]1CCC[C@H](OCc2cccc(C)c2C(=O)O)C1)Cc1cccnc1. The van der Waals surface area contributed by atoms with E-state index < -0.39 is 5.97 Å². The number of nitrogens with zero attached hydrogens (tertiary/aromatic N) is 2. The molecule has 1 fully saturated rings. The second-order valence-electron chi connectivity index (χ2n) is 10.0. The number of ether oxygens (including phenoxy) is 2. The summed E-state index contributed by atoms with van der Waals surface area (Å²) >= 11 is 0. The maximum Gasteiger partial charge on any atom is 0.336 e. The summed E-state index contributed by atoms with van der Waals surface area (Å²) in [6.45, 7) is 5.29. The molecule has 1 aliphatic carbocycles. The average Bonchev–Trinajstić information content (AvgIpc) is 2.93. The summed E-state index contributed by atoms with van der Waals surface area (Å²) in [5, 5.41) is 12.6. The number of aryl methyl sites for hydroxylation is 2. The monoisotopic (exact) mass is 531 g/mol. The van der Waals surface area contributed by atoms with E-state index in [1.54, 1.807) is 30.3 Å². The van der Waals surface area contributed by atoms with Gasteiger partial charge >= 0.3 is 12.0 Å². The predicted octanol–water partition coefficient (Wildman–Crippen LogP) is 5.98. The second kappa shape index (κ2) is 13.9. The molecule has 39 heavy (non-hydrogen) atoms. The van der Waals surface area contributed by atoms with Crippen molar-refractivity contribution < 1.29 is 24.2 Å². The number of carboxylic acids is 1. The zero-order chi connectivity index (χ0) is 27.6. The molecule has 2 atom stereocenters. The number of carboxylic acid groups (broad SMARTS) is 1. The van der Waals surface area contributed by atoms with Crippen LogP contribution in [0.4, 0.5) is 10.5 Å². The number of aromatic nitrogens is 1. The van der Waals surface area contributed by atoms with Crippen molar-refractivity contribution in [2.24, 2.45) is 0 Å². The molecule has 1 saturated carbocycles. The highest BCUT2D eigenvalue weighted by molar-refractivity contribution is 5.91. The van der Waals surface area contributed by atoms with Crippen LogP contribution in [0.2, 0.25) is 0 Å². The van der Waals surface area contributed by atoms with Crippen LogP contribution in [-0.2, 0) is 22.6 Å². The summed E-state index contributed by atoms with van der Waals surface area (Å²) in [4.78, 5) is 30.8. The van der Waals surface area contributed by atoms with E-state index in [2.05, 4.69) is 10.3 Å². The van der Waals surface area contributed by atoms with Crippen LogP contribution in [0, 0.1) is 13.8 Å². The van der Waals surface area contributed by atoms with Crippen molar-refractivity contribution in [1.29, 1.82) is 0 Å². The third-order valence-electron chi connectivity index (χ3n) is 7.11. The van der Waals surface area contributed by atoms with Crippen LogP contribution in [0.25, 0.3) is 0 Å². The minimum Gasteiger partial charge on any atom is -0.478 e. The Morgan fingerprint density at radius 2 is 1.77 bits per heavy atom. The number of pyridine rings is 1. The summed E-state index contributed by atoms with van der Waals surface area (Å²) in [6.07, 6.45) is 7.08. The van der Waals surface area contributed by atoms with Crippen LogP contribution in [0.3, 0.4) is 0 Å². The van der Waals surface area contributed by atoms with Crippen molar-refractivity contribution >= 4 is 17.7 Å². The fourth-order valence-electron chi connectivity index (χ4n) is 4.97. The van der Waals surface area contributed by atoms with E-state index in [0.29, 0.717) is 30.8 Å². The molecule has 1 heterocycles. The molecule has 0 saturated heterocycles. The lowest BCUT2D eigenvalue weighted by atomic mass is 9.94. The number of anilines is 1. The molecule has 0 radical (unpaired) electrons.